The van der Waals surface area contributed by atoms with Crippen LogP contribution in [0.5, 0.6) is 0 Å². The number of rotatable bonds is 3. The van der Waals surface area contributed by atoms with Crippen LogP contribution in [0.4, 0.5) is 5.69 Å². The molecule has 4 nitrogen and oxygen atoms in total. The van der Waals surface area contributed by atoms with Crippen molar-refractivity contribution in [3.05, 3.63) is 23.8 Å². The molecule has 1 saturated carbocycles. The summed E-state index contributed by atoms with van der Waals surface area (Å²) < 4.78 is 23.1. The fourth-order valence-corrected chi connectivity index (χ4v) is 3.93. The Hall–Kier alpha value is -1.07. The van der Waals surface area contributed by atoms with Gasteiger partial charge in [-0.2, -0.15) is 0 Å². The first-order chi connectivity index (χ1) is 9.19. The Bertz CT molecular complexity index is 594. The van der Waals surface area contributed by atoms with Crippen LogP contribution in [0.15, 0.2) is 23.1 Å². The molecule has 1 atom stereocenters. The molecular formula is C15H24N2O2S. The van der Waals surface area contributed by atoms with E-state index < -0.39 is 10.0 Å². The van der Waals surface area contributed by atoms with Gasteiger partial charge in [0.1, 0.15) is 0 Å². The van der Waals surface area contributed by atoms with Crippen LogP contribution in [-0.2, 0) is 10.0 Å². The molecule has 0 bridgehead atoms. The maximum atomic E-state index is 11.6. The predicted molar refractivity (Wildman–Crippen MR) is 82.2 cm³/mol. The smallest absolute Gasteiger partial charge is 0.238 e. The van der Waals surface area contributed by atoms with Crippen molar-refractivity contribution in [2.24, 2.45) is 10.6 Å². The summed E-state index contributed by atoms with van der Waals surface area (Å²) in [6, 6.07) is 5.61. The molecule has 112 valence electrons. The second kappa shape index (κ2) is 5.37. The van der Waals surface area contributed by atoms with Gasteiger partial charge in [0.15, 0.2) is 0 Å². The lowest BCUT2D eigenvalue weighted by Gasteiger charge is -2.36. The van der Waals surface area contributed by atoms with Crippen LogP contribution in [-0.4, -0.2) is 14.5 Å². The molecular weight excluding hydrogens is 272 g/mol. The van der Waals surface area contributed by atoms with Crippen molar-refractivity contribution in [3.63, 3.8) is 0 Å². The molecule has 0 aromatic heterocycles. The number of nitrogens with two attached hydrogens (primary N) is 1. The number of sulfonamides is 1. The average molecular weight is 296 g/mol. The highest BCUT2D eigenvalue weighted by Crippen LogP contribution is 2.37. The third kappa shape index (κ3) is 3.52. The number of primary sulfonamides is 1. The van der Waals surface area contributed by atoms with Crippen molar-refractivity contribution in [3.8, 4) is 0 Å². The zero-order valence-corrected chi connectivity index (χ0v) is 13.3. The Kier molecular flexibility index (Phi) is 4.12. The largest absolute Gasteiger partial charge is 0.382 e. The highest BCUT2D eigenvalue weighted by atomic mass is 32.2. The summed E-state index contributed by atoms with van der Waals surface area (Å²) in [5, 5.41) is 8.74. The van der Waals surface area contributed by atoms with Gasteiger partial charge in [-0.1, -0.05) is 26.3 Å². The molecule has 0 radical (unpaired) electrons. The van der Waals surface area contributed by atoms with Crippen LogP contribution >= 0.6 is 0 Å². The number of hydrogen-bond acceptors (Lipinski definition) is 3. The molecule has 1 aliphatic carbocycles. The normalized spacial score (nSPS) is 22.5. The lowest BCUT2D eigenvalue weighted by molar-refractivity contribution is 0.229. The van der Waals surface area contributed by atoms with E-state index in [9.17, 15) is 8.42 Å². The van der Waals surface area contributed by atoms with Crippen molar-refractivity contribution in [1.82, 2.24) is 0 Å². The van der Waals surface area contributed by atoms with Gasteiger partial charge in [0, 0.05) is 11.7 Å². The van der Waals surface area contributed by atoms with Gasteiger partial charge in [0.25, 0.3) is 0 Å². The second-order valence-corrected chi connectivity index (χ2v) is 8.11. The van der Waals surface area contributed by atoms with Crippen LogP contribution in [0.1, 0.15) is 45.1 Å². The van der Waals surface area contributed by atoms with Gasteiger partial charge >= 0.3 is 0 Å². The van der Waals surface area contributed by atoms with Gasteiger partial charge < -0.3 is 5.32 Å². The molecule has 0 spiro atoms. The van der Waals surface area contributed by atoms with Crippen molar-refractivity contribution >= 4 is 15.7 Å². The summed E-state index contributed by atoms with van der Waals surface area (Å²) in [6.07, 6.45) is 4.69. The van der Waals surface area contributed by atoms with Crippen LogP contribution < -0.4 is 10.5 Å². The van der Waals surface area contributed by atoms with E-state index in [2.05, 4.69) is 19.2 Å². The minimum Gasteiger partial charge on any atom is -0.382 e. The summed E-state index contributed by atoms with van der Waals surface area (Å²) >= 11 is 0. The van der Waals surface area contributed by atoms with E-state index in [1.54, 1.807) is 19.1 Å². The minimum atomic E-state index is -3.66. The molecule has 0 amide bonds. The van der Waals surface area contributed by atoms with Gasteiger partial charge in [-0.25, -0.2) is 13.6 Å². The van der Waals surface area contributed by atoms with E-state index >= 15 is 0 Å². The van der Waals surface area contributed by atoms with Crippen LogP contribution in [0.2, 0.25) is 0 Å². The predicted octanol–water partition coefficient (Wildman–Crippen LogP) is 3.02. The van der Waals surface area contributed by atoms with Gasteiger partial charge in [-0.15, -0.1) is 0 Å². The van der Waals surface area contributed by atoms with Gasteiger partial charge in [-0.05, 0) is 49.3 Å². The highest BCUT2D eigenvalue weighted by molar-refractivity contribution is 7.89. The van der Waals surface area contributed by atoms with E-state index in [0.29, 0.717) is 17.0 Å². The maximum absolute atomic E-state index is 11.6. The molecule has 5 heteroatoms. The van der Waals surface area contributed by atoms with Gasteiger partial charge in [-0.3, -0.25) is 0 Å². The fraction of sp³-hybridized carbons (Fsp3) is 0.600. The number of benzene rings is 1. The van der Waals surface area contributed by atoms with E-state index in [-0.39, 0.29) is 4.90 Å². The second-order valence-electron chi connectivity index (χ2n) is 6.58. The third-order valence-corrected chi connectivity index (χ3v) is 5.21. The molecule has 1 unspecified atom stereocenters. The molecule has 2 rings (SSSR count). The number of anilines is 1. The van der Waals surface area contributed by atoms with Crippen LogP contribution in [0.25, 0.3) is 0 Å². The summed E-state index contributed by atoms with van der Waals surface area (Å²) in [7, 11) is -3.66. The van der Waals surface area contributed by atoms with Crippen LogP contribution in [0, 0.1) is 12.3 Å². The molecule has 0 aliphatic heterocycles. The Morgan fingerprint density at radius 1 is 1.35 bits per heavy atom. The number of hydrogen-bond donors (Lipinski definition) is 2. The van der Waals surface area contributed by atoms with E-state index in [0.717, 1.165) is 18.5 Å². The van der Waals surface area contributed by atoms with Gasteiger partial charge in [0.05, 0.1) is 4.90 Å². The monoisotopic (exact) mass is 296 g/mol. The standard InChI is InChI=1S/C15H24N2O2S/c1-11-13(7-4-8-14(11)20(16,18)19)17-12-6-5-9-15(2,3)10-12/h4,7-8,12,17H,5-6,9-10H2,1-3H3,(H2,16,18,19). The summed E-state index contributed by atoms with van der Waals surface area (Å²) in [5.41, 5.74) is 1.93. The quantitative estimate of drug-likeness (QED) is 0.900. The zero-order chi connectivity index (χ0) is 15.0. The molecule has 3 N–H and O–H groups in total. The maximum Gasteiger partial charge on any atom is 0.238 e. The summed E-state index contributed by atoms with van der Waals surface area (Å²) in [4.78, 5) is 0.206. The fourth-order valence-electron chi connectivity index (χ4n) is 3.12. The lowest BCUT2D eigenvalue weighted by Crippen LogP contribution is -2.32. The molecule has 1 fully saturated rings. The average Bonchev–Trinajstić information content (AvgIpc) is 2.29. The first-order valence-electron chi connectivity index (χ1n) is 7.08. The molecule has 0 saturated heterocycles. The number of nitrogens with one attached hydrogen (secondary N) is 1. The Morgan fingerprint density at radius 3 is 2.65 bits per heavy atom. The topological polar surface area (TPSA) is 72.2 Å². The van der Waals surface area contributed by atoms with Crippen molar-refractivity contribution in [1.29, 1.82) is 0 Å². The van der Waals surface area contributed by atoms with E-state index in [4.69, 9.17) is 5.14 Å². The minimum absolute atomic E-state index is 0.206. The van der Waals surface area contributed by atoms with Crippen molar-refractivity contribution < 1.29 is 8.42 Å². The van der Waals surface area contributed by atoms with E-state index in [1.807, 2.05) is 6.07 Å². The van der Waals surface area contributed by atoms with Gasteiger partial charge in [0.2, 0.25) is 10.0 Å². The Balaban J connectivity index is 2.22. The Morgan fingerprint density at radius 2 is 2.05 bits per heavy atom. The summed E-state index contributed by atoms with van der Waals surface area (Å²) in [5.74, 6) is 0. The first kappa shape index (κ1) is 15.3. The molecule has 1 aliphatic rings. The third-order valence-electron chi connectivity index (χ3n) is 4.16. The van der Waals surface area contributed by atoms with E-state index in [1.165, 1.54) is 12.8 Å². The molecule has 1 aromatic carbocycles. The van der Waals surface area contributed by atoms with Crippen LogP contribution in [0.3, 0.4) is 0 Å². The Labute approximate surface area is 121 Å². The summed E-state index contributed by atoms with van der Waals surface area (Å²) in [6.45, 7) is 6.37. The first-order valence-corrected chi connectivity index (χ1v) is 8.63. The van der Waals surface area contributed by atoms with Crippen molar-refractivity contribution in [2.75, 3.05) is 5.32 Å². The SMILES string of the molecule is Cc1c(NC2CCCC(C)(C)C2)cccc1S(N)(=O)=O. The highest BCUT2D eigenvalue weighted by Gasteiger charge is 2.28. The lowest BCUT2D eigenvalue weighted by atomic mass is 9.75. The molecule has 1 aromatic rings. The molecule has 20 heavy (non-hydrogen) atoms. The molecule has 0 heterocycles. The van der Waals surface area contributed by atoms with Crippen molar-refractivity contribution in [2.45, 2.75) is 57.4 Å². The zero-order valence-electron chi connectivity index (χ0n) is 12.4.